The molecule has 21 heavy (non-hydrogen) atoms. The summed E-state index contributed by atoms with van der Waals surface area (Å²) in [6.07, 6.45) is 3.69. The Morgan fingerprint density at radius 1 is 1.19 bits per heavy atom. The lowest BCUT2D eigenvalue weighted by Gasteiger charge is -2.33. The number of thiazole rings is 1. The Balaban J connectivity index is 1.92. The highest BCUT2D eigenvalue weighted by atomic mass is 32.1. The van der Waals surface area contributed by atoms with Gasteiger partial charge < -0.3 is 15.1 Å². The number of nitrogens with one attached hydrogen (secondary N) is 1. The van der Waals surface area contributed by atoms with Gasteiger partial charge in [-0.05, 0) is 12.8 Å². The molecule has 1 aromatic rings. The summed E-state index contributed by atoms with van der Waals surface area (Å²) in [5, 5.41) is 4.10. The standard InChI is InChI=1S/C14H22N4O2S/c1-3-5-15-14-16-7-11(21-14)8-18-10-12(19)17(6-4-2)9-13(18)20/h7H,3-6,8-10H2,1-2H3,(H,15,16). The van der Waals surface area contributed by atoms with Gasteiger partial charge in [-0.2, -0.15) is 0 Å². The van der Waals surface area contributed by atoms with Crippen LogP contribution in [0.4, 0.5) is 5.13 Å². The molecule has 1 aliphatic heterocycles. The van der Waals surface area contributed by atoms with E-state index in [0.29, 0.717) is 13.1 Å². The molecule has 6 nitrogen and oxygen atoms in total. The number of anilines is 1. The van der Waals surface area contributed by atoms with Gasteiger partial charge in [0.2, 0.25) is 11.8 Å². The van der Waals surface area contributed by atoms with Crippen molar-refractivity contribution in [3.05, 3.63) is 11.1 Å². The molecule has 0 aromatic carbocycles. The summed E-state index contributed by atoms with van der Waals surface area (Å²) in [5.74, 6) is 0.0461. The van der Waals surface area contributed by atoms with Crippen molar-refractivity contribution in [3.8, 4) is 0 Å². The molecule has 0 atom stereocenters. The van der Waals surface area contributed by atoms with Crippen molar-refractivity contribution in [1.82, 2.24) is 14.8 Å². The van der Waals surface area contributed by atoms with Crippen molar-refractivity contribution >= 4 is 28.3 Å². The molecule has 1 saturated heterocycles. The molecule has 2 amide bonds. The summed E-state index contributed by atoms with van der Waals surface area (Å²) >= 11 is 1.54. The summed E-state index contributed by atoms with van der Waals surface area (Å²) in [6.45, 7) is 6.49. The SMILES string of the molecule is CCCNc1ncc(CN2CC(=O)N(CCC)CC2=O)s1. The first kappa shape index (κ1) is 15.8. The second-order valence-electron chi connectivity index (χ2n) is 5.12. The van der Waals surface area contributed by atoms with E-state index in [4.69, 9.17) is 0 Å². The molecule has 2 rings (SSSR count). The Morgan fingerprint density at radius 3 is 2.62 bits per heavy atom. The van der Waals surface area contributed by atoms with Crippen LogP contribution in [0.3, 0.4) is 0 Å². The Morgan fingerprint density at radius 2 is 1.90 bits per heavy atom. The third-order valence-corrected chi connectivity index (χ3v) is 4.22. The third kappa shape index (κ3) is 4.17. The van der Waals surface area contributed by atoms with Gasteiger partial charge in [0.1, 0.15) is 6.54 Å². The number of carbonyl (C=O) groups excluding carboxylic acids is 2. The van der Waals surface area contributed by atoms with Gasteiger partial charge in [-0.1, -0.05) is 13.8 Å². The van der Waals surface area contributed by atoms with E-state index in [1.807, 2.05) is 6.92 Å². The smallest absolute Gasteiger partial charge is 0.242 e. The zero-order chi connectivity index (χ0) is 15.2. The first-order valence-electron chi connectivity index (χ1n) is 7.38. The highest BCUT2D eigenvalue weighted by molar-refractivity contribution is 7.15. The lowest BCUT2D eigenvalue weighted by atomic mass is 10.2. The van der Waals surface area contributed by atoms with Gasteiger partial charge in [0.15, 0.2) is 5.13 Å². The van der Waals surface area contributed by atoms with Crippen LogP contribution < -0.4 is 5.32 Å². The van der Waals surface area contributed by atoms with Gasteiger partial charge in [0, 0.05) is 24.2 Å². The molecule has 1 N–H and O–H groups in total. The van der Waals surface area contributed by atoms with Crippen molar-refractivity contribution in [2.75, 3.05) is 31.5 Å². The number of hydrogen-bond donors (Lipinski definition) is 1. The Kier molecular flexibility index (Phi) is 5.55. The fourth-order valence-electron chi connectivity index (χ4n) is 2.20. The molecule has 0 unspecified atom stereocenters. The highest BCUT2D eigenvalue weighted by Crippen LogP contribution is 2.20. The molecule has 0 aliphatic carbocycles. The molecular formula is C14H22N4O2S. The van der Waals surface area contributed by atoms with Gasteiger partial charge in [-0.25, -0.2) is 4.98 Å². The summed E-state index contributed by atoms with van der Waals surface area (Å²) in [4.78, 5) is 32.6. The molecule has 0 bridgehead atoms. The molecule has 0 radical (unpaired) electrons. The van der Waals surface area contributed by atoms with Crippen molar-refractivity contribution < 1.29 is 9.59 Å². The second kappa shape index (κ2) is 7.40. The van der Waals surface area contributed by atoms with Crippen LogP contribution in [0, 0.1) is 0 Å². The zero-order valence-corrected chi connectivity index (χ0v) is 13.4. The maximum Gasteiger partial charge on any atom is 0.242 e. The van der Waals surface area contributed by atoms with E-state index in [2.05, 4.69) is 17.2 Å². The molecule has 1 fully saturated rings. The normalized spacial score (nSPS) is 15.7. The van der Waals surface area contributed by atoms with E-state index < -0.39 is 0 Å². The van der Waals surface area contributed by atoms with Crippen molar-refractivity contribution in [3.63, 3.8) is 0 Å². The minimum atomic E-state index is 0.0134. The largest absolute Gasteiger partial charge is 0.362 e. The fraction of sp³-hybridized carbons (Fsp3) is 0.643. The quantitative estimate of drug-likeness (QED) is 0.830. The maximum absolute atomic E-state index is 12.1. The monoisotopic (exact) mass is 310 g/mol. The first-order valence-corrected chi connectivity index (χ1v) is 8.19. The summed E-state index contributed by atoms with van der Waals surface area (Å²) in [7, 11) is 0. The van der Waals surface area contributed by atoms with E-state index in [1.54, 1.807) is 16.0 Å². The predicted molar refractivity (Wildman–Crippen MR) is 83.2 cm³/mol. The first-order chi connectivity index (χ1) is 10.1. The zero-order valence-electron chi connectivity index (χ0n) is 12.6. The van der Waals surface area contributed by atoms with Crippen LogP contribution in [0.25, 0.3) is 0 Å². The van der Waals surface area contributed by atoms with Crippen LogP contribution in [-0.4, -0.2) is 52.8 Å². The summed E-state index contributed by atoms with van der Waals surface area (Å²) in [5.41, 5.74) is 0. The number of hydrogen-bond acceptors (Lipinski definition) is 5. The maximum atomic E-state index is 12.1. The number of nitrogens with zero attached hydrogens (tertiary/aromatic N) is 3. The number of aromatic nitrogens is 1. The molecule has 7 heteroatoms. The third-order valence-electron chi connectivity index (χ3n) is 3.28. The van der Waals surface area contributed by atoms with E-state index in [0.717, 1.165) is 29.4 Å². The molecule has 0 saturated carbocycles. The minimum absolute atomic E-state index is 0.0134. The second-order valence-corrected chi connectivity index (χ2v) is 6.24. The topological polar surface area (TPSA) is 65.5 Å². The number of piperazine rings is 1. The van der Waals surface area contributed by atoms with Gasteiger partial charge >= 0.3 is 0 Å². The van der Waals surface area contributed by atoms with Gasteiger partial charge in [-0.3, -0.25) is 9.59 Å². The van der Waals surface area contributed by atoms with Crippen molar-refractivity contribution in [2.45, 2.75) is 33.2 Å². The molecule has 2 heterocycles. The molecular weight excluding hydrogens is 288 g/mol. The fourth-order valence-corrected chi connectivity index (χ4v) is 3.06. The van der Waals surface area contributed by atoms with E-state index >= 15 is 0 Å². The van der Waals surface area contributed by atoms with Crippen LogP contribution in [0.15, 0.2) is 6.20 Å². The Labute approximate surface area is 129 Å². The summed E-state index contributed by atoms with van der Waals surface area (Å²) < 4.78 is 0. The lowest BCUT2D eigenvalue weighted by Crippen LogP contribution is -2.53. The van der Waals surface area contributed by atoms with Crippen LogP contribution in [0.2, 0.25) is 0 Å². The van der Waals surface area contributed by atoms with Crippen LogP contribution >= 0.6 is 11.3 Å². The van der Waals surface area contributed by atoms with Gasteiger partial charge in [-0.15, -0.1) is 11.3 Å². The van der Waals surface area contributed by atoms with Crippen LogP contribution in [0.1, 0.15) is 31.6 Å². The highest BCUT2D eigenvalue weighted by Gasteiger charge is 2.29. The summed E-state index contributed by atoms with van der Waals surface area (Å²) in [6, 6.07) is 0. The van der Waals surface area contributed by atoms with Crippen molar-refractivity contribution in [2.24, 2.45) is 0 Å². The molecule has 1 aromatic heterocycles. The average Bonchev–Trinajstić information content (AvgIpc) is 2.90. The number of amides is 2. The predicted octanol–water partition coefficient (Wildman–Crippen LogP) is 1.55. The Hall–Kier alpha value is -1.63. The minimum Gasteiger partial charge on any atom is -0.362 e. The van der Waals surface area contributed by atoms with E-state index in [1.165, 1.54) is 11.3 Å². The lowest BCUT2D eigenvalue weighted by molar-refractivity contribution is -0.150. The number of carbonyl (C=O) groups is 2. The van der Waals surface area contributed by atoms with Crippen LogP contribution in [0.5, 0.6) is 0 Å². The van der Waals surface area contributed by atoms with Gasteiger partial charge in [0.25, 0.3) is 0 Å². The van der Waals surface area contributed by atoms with E-state index in [9.17, 15) is 9.59 Å². The van der Waals surface area contributed by atoms with E-state index in [-0.39, 0.29) is 24.9 Å². The average molecular weight is 310 g/mol. The molecule has 1 aliphatic rings. The van der Waals surface area contributed by atoms with Crippen LogP contribution in [-0.2, 0) is 16.1 Å². The number of rotatable bonds is 7. The molecule has 116 valence electrons. The van der Waals surface area contributed by atoms with Crippen molar-refractivity contribution in [1.29, 1.82) is 0 Å². The Bertz CT molecular complexity index is 503. The van der Waals surface area contributed by atoms with Gasteiger partial charge in [0.05, 0.1) is 13.1 Å². The molecule has 0 spiro atoms.